The van der Waals surface area contributed by atoms with Crippen LogP contribution < -0.4 is 15.9 Å². The lowest BCUT2D eigenvalue weighted by atomic mass is 10.2. The Bertz CT molecular complexity index is 928. The molecule has 1 amide bonds. The molecule has 0 aliphatic carbocycles. The minimum atomic E-state index is -0.374. The highest BCUT2D eigenvalue weighted by molar-refractivity contribution is 8.00. The highest BCUT2D eigenvalue weighted by Gasteiger charge is 2.19. The SMILES string of the molecule is CCCCc1nnc(S[C@H](C)C(=O)Nc2ccc(Oc3ccccc3)cc2)n1N. The van der Waals surface area contributed by atoms with Crippen LogP contribution in [0, 0.1) is 0 Å². The smallest absolute Gasteiger partial charge is 0.237 e. The van der Waals surface area contributed by atoms with Crippen LogP contribution in [0.4, 0.5) is 5.69 Å². The Balaban J connectivity index is 1.55. The quantitative estimate of drug-likeness (QED) is 0.404. The molecule has 29 heavy (non-hydrogen) atoms. The summed E-state index contributed by atoms with van der Waals surface area (Å²) in [7, 11) is 0. The predicted molar refractivity (Wildman–Crippen MR) is 116 cm³/mol. The molecule has 0 saturated carbocycles. The highest BCUT2D eigenvalue weighted by atomic mass is 32.2. The molecule has 0 aliphatic heterocycles. The van der Waals surface area contributed by atoms with Crippen LogP contribution in [0.25, 0.3) is 0 Å². The lowest BCUT2D eigenvalue weighted by molar-refractivity contribution is -0.115. The molecule has 0 saturated heterocycles. The number of anilines is 1. The van der Waals surface area contributed by atoms with Crippen molar-refractivity contribution in [3.63, 3.8) is 0 Å². The summed E-state index contributed by atoms with van der Waals surface area (Å²) in [4.78, 5) is 12.5. The molecule has 0 fully saturated rings. The number of carbonyl (C=O) groups excluding carboxylic acids is 1. The van der Waals surface area contributed by atoms with Crippen LogP contribution in [0.2, 0.25) is 0 Å². The van der Waals surface area contributed by atoms with Crippen molar-refractivity contribution in [1.29, 1.82) is 0 Å². The summed E-state index contributed by atoms with van der Waals surface area (Å²) in [5.74, 6) is 8.11. The molecule has 0 unspecified atom stereocenters. The summed E-state index contributed by atoms with van der Waals surface area (Å²) in [6, 6.07) is 16.8. The van der Waals surface area contributed by atoms with E-state index in [0.717, 1.165) is 30.8 Å². The summed E-state index contributed by atoms with van der Waals surface area (Å²) in [5, 5.41) is 11.3. The fraction of sp³-hybridized carbons (Fsp3) is 0.286. The minimum absolute atomic E-state index is 0.134. The van der Waals surface area contributed by atoms with Gasteiger partial charge in [-0.05, 0) is 49.7 Å². The maximum atomic E-state index is 12.5. The number of nitrogens with zero attached hydrogens (tertiary/aromatic N) is 3. The molecular formula is C21H25N5O2S. The Hall–Kier alpha value is -3.00. The first-order chi connectivity index (χ1) is 14.1. The predicted octanol–water partition coefficient (Wildman–Crippen LogP) is 4.25. The summed E-state index contributed by atoms with van der Waals surface area (Å²) in [6.45, 7) is 3.92. The highest BCUT2D eigenvalue weighted by Crippen LogP contribution is 2.25. The molecule has 0 bridgehead atoms. The van der Waals surface area contributed by atoms with E-state index in [4.69, 9.17) is 10.6 Å². The third kappa shape index (κ3) is 5.74. The van der Waals surface area contributed by atoms with Gasteiger partial charge in [0.1, 0.15) is 11.5 Å². The lowest BCUT2D eigenvalue weighted by Gasteiger charge is -2.12. The van der Waals surface area contributed by atoms with Crippen molar-refractivity contribution in [1.82, 2.24) is 14.9 Å². The number of ether oxygens (including phenoxy) is 1. The van der Waals surface area contributed by atoms with Gasteiger partial charge in [-0.3, -0.25) is 4.79 Å². The molecule has 0 spiro atoms. The van der Waals surface area contributed by atoms with Crippen LogP contribution >= 0.6 is 11.8 Å². The van der Waals surface area contributed by atoms with E-state index in [1.807, 2.05) is 61.5 Å². The van der Waals surface area contributed by atoms with E-state index in [9.17, 15) is 4.79 Å². The van der Waals surface area contributed by atoms with Crippen molar-refractivity contribution in [3.8, 4) is 11.5 Å². The number of rotatable bonds is 9. The van der Waals surface area contributed by atoms with Gasteiger partial charge in [0.25, 0.3) is 0 Å². The van der Waals surface area contributed by atoms with Gasteiger partial charge in [-0.2, -0.15) is 0 Å². The van der Waals surface area contributed by atoms with E-state index in [1.54, 1.807) is 0 Å². The number of hydrogen-bond acceptors (Lipinski definition) is 6. The number of benzene rings is 2. The van der Waals surface area contributed by atoms with Crippen molar-refractivity contribution >= 4 is 23.4 Å². The molecule has 7 nitrogen and oxygen atoms in total. The first kappa shape index (κ1) is 20.7. The number of aromatic nitrogens is 3. The molecule has 0 radical (unpaired) electrons. The fourth-order valence-electron chi connectivity index (χ4n) is 2.58. The molecule has 2 aromatic carbocycles. The Morgan fingerprint density at radius 2 is 1.83 bits per heavy atom. The number of unbranched alkanes of at least 4 members (excludes halogenated alkanes) is 1. The van der Waals surface area contributed by atoms with Crippen LogP contribution in [0.15, 0.2) is 59.8 Å². The van der Waals surface area contributed by atoms with Crippen molar-refractivity contribution in [2.24, 2.45) is 0 Å². The molecule has 1 aromatic heterocycles. The summed E-state index contributed by atoms with van der Waals surface area (Å²) < 4.78 is 7.23. The number of thioether (sulfide) groups is 1. The third-order valence-corrected chi connectivity index (χ3v) is 5.30. The van der Waals surface area contributed by atoms with Gasteiger partial charge in [0.15, 0.2) is 5.82 Å². The molecule has 0 aliphatic rings. The van der Waals surface area contributed by atoms with Crippen LogP contribution in [0.3, 0.4) is 0 Å². The average molecular weight is 412 g/mol. The lowest BCUT2D eigenvalue weighted by Crippen LogP contribution is -2.23. The maximum Gasteiger partial charge on any atom is 0.237 e. The van der Waals surface area contributed by atoms with Gasteiger partial charge in [-0.25, -0.2) is 4.68 Å². The Morgan fingerprint density at radius 3 is 2.52 bits per heavy atom. The van der Waals surface area contributed by atoms with Crippen molar-refractivity contribution < 1.29 is 9.53 Å². The topological polar surface area (TPSA) is 95.1 Å². The standard InChI is InChI=1S/C21H25N5O2S/c1-3-4-10-19-24-25-21(26(19)22)29-15(2)20(27)23-16-11-13-18(14-12-16)28-17-8-6-5-7-9-17/h5-9,11-15H,3-4,10,22H2,1-2H3,(H,23,27)/t15-/m1/s1. The minimum Gasteiger partial charge on any atom is -0.457 e. The van der Waals surface area contributed by atoms with E-state index >= 15 is 0 Å². The zero-order valence-electron chi connectivity index (χ0n) is 16.5. The van der Waals surface area contributed by atoms with Crippen molar-refractivity contribution in [2.45, 2.75) is 43.5 Å². The summed E-state index contributed by atoms with van der Waals surface area (Å²) >= 11 is 1.28. The molecular weight excluding hydrogens is 386 g/mol. The van der Waals surface area contributed by atoms with Gasteiger partial charge in [0, 0.05) is 12.1 Å². The zero-order valence-corrected chi connectivity index (χ0v) is 17.4. The number of nitrogens with one attached hydrogen (secondary N) is 1. The fourth-order valence-corrected chi connectivity index (χ4v) is 3.37. The number of nitrogens with two attached hydrogens (primary N) is 1. The van der Waals surface area contributed by atoms with E-state index in [0.29, 0.717) is 16.6 Å². The number of aryl methyl sites for hydroxylation is 1. The number of para-hydroxylation sites is 1. The van der Waals surface area contributed by atoms with E-state index in [2.05, 4.69) is 22.4 Å². The Kier molecular flexibility index (Phi) is 7.13. The van der Waals surface area contributed by atoms with Gasteiger partial charge in [0.2, 0.25) is 11.1 Å². The average Bonchev–Trinajstić information content (AvgIpc) is 3.08. The third-order valence-electron chi connectivity index (χ3n) is 4.24. The first-order valence-electron chi connectivity index (χ1n) is 9.56. The second kappa shape index (κ2) is 9.97. The maximum absolute atomic E-state index is 12.5. The molecule has 3 aromatic rings. The van der Waals surface area contributed by atoms with E-state index < -0.39 is 0 Å². The van der Waals surface area contributed by atoms with Gasteiger partial charge >= 0.3 is 0 Å². The van der Waals surface area contributed by atoms with E-state index in [1.165, 1.54) is 16.4 Å². The van der Waals surface area contributed by atoms with Gasteiger partial charge in [-0.15, -0.1) is 10.2 Å². The Morgan fingerprint density at radius 1 is 1.14 bits per heavy atom. The molecule has 1 heterocycles. The molecule has 3 rings (SSSR count). The van der Waals surface area contributed by atoms with Gasteiger partial charge in [-0.1, -0.05) is 43.3 Å². The zero-order chi connectivity index (χ0) is 20.6. The number of hydrogen-bond donors (Lipinski definition) is 2. The summed E-state index contributed by atoms with van der Waals surface area (Å²) in [5.41, 5.74) is 0.695. The van der Waals surface area contributed by atoms with Crippen LogP contribution in [0.1, 0.15) is 32.5 Å². The summed E-state index contributed by atoms with van der Waals surface area (Å²) in [6.07, 6.45) is 2.84. The second-order valence-electron chi connectivity index (χ2n) is 6.56. The van der Waals surface area contributed by atoms with Gasteiger partial charge in [0.05, 0.1) is 5.25 Å². The van der Waals surface area contributed by atoms with Crippen molar-refractivity contribution in [2.75, 3.05) is 11.2 Å². The monoisotopic (exact) mass is 411 g/mol. The number of amides is 1. The normalized spacial score (nSPS) is 11.8. The van der Waals surface area contributed by atoms with Crippen LogP contribution in [-0.2, 0) is 11.2 Å². The Labute approximate surface area is 174 Å². The first-order valence-corrected chi connectivity index (χ1v) is 10.4. The van der Waals surface area contributed by atoms with E-state index in [-0.39, 0.29) is 11.2 Å². The van der Waals surface area contributed by atoms with Gasteiger partial charge < -0.3 is 15.9 Å². The number of carbonyl (C=O) groups is 1. The largest absolute Gasteiger partial charge is 0.457 e. The molecule has 3 N–H and O–H groups in total. The van der Waals surface area contributed by atoms with Crippen LogP contribution in [-0.4, -0.2) is 26.0 Å². The molecule has 152 valence electrons. The molecule has 8 heteroatoms. The van der Waals surface area contributed by atoms with Crippen molar-refractivity contribution in [3.05, 3.63) is 60.4 Å². The second-order valence-corrected chi connectivity index (χ2v) is 7.87. The molecule has 1 atom stereocenters. The van der Waals surface area contributed by atoms with Crippen LogP contribution in [0.5, 0.6) is 11.5 Å². The number of nitrogen functional groups attached to an aromatic ring is 1.